The van der Waals surface area contributed by atoms with E-state index >= 15 is 0 Å². The Morgan fingerprint density at radius 1 is 1.32 bits per heavy atom. The number of hydrogen-bond donors (Lipinski definition) is 0. The third-order valence-electron chi connectivity index (χ3n) is 5.00. The number of carbonyl (C=O) groups is 1. The quantitative estimate of drug-likeness (QED) is 0.861. The van der Waals surface area contributed by atoms with Crippen molar-refractivity contribution in [1.29, 1.82) is 0 Å². The smallest absolute Gasteiger partial charge is 0.233 e. The molecule has 0 bridgehead atoms. The molecular weight excluding hydrogens is 321 g/mol. The van der Waals surface area contributed by atoms with Crippen molar-refractivity contribution < 1.29 is 13.9 Å². The van der Waals surface area contributed by atoms with Gasteiger partial charge in [-0.05, 0) is 31.9 Å². The fourth-order valence-electron chi connectivity index (χ4n) is 3.49. The molecule has 2 fully saturated rings. The van der Waals surface area contributed by atoms with Crippen LogP contribution in [0.5, 0.6) is 0 Å². The van der Waals surface area contributed by atoms with Crippen LogP contribution >= 0.6 is 0 Å². The zero-order valence-electron chi connectivity index (χ0n) is 14.1. The molecule has 1 saturated carbocycles. The van der Waals surface area contributed by atoms with E-state index < -0.39 is 5.41 Å². The summed E-state index contributed by atoms with van der Waals surface area (Å²) in [7, 11) is 0. The molecule has 0 spiro atoms. The number of morpholine rings is 1. The molecule has 2 aliphatic rings. The highest BCUT2D eigenvalue weighted by Gasteiger charge is 2.54. The van der Waals surface area contributed by atoms with Crippen LogP contribution in [-0.4, -0.2) is 40.5 Å². The van der Waals surface area contributed by atoms with Gasteiger partial charge in [-0.1, -0.05) is 18.2 Å². The number of hydrogen-bond acceptors (Lipinski definition) is 4. The van der Waals surface area contributed by atoms with Gasteiger partial charge in [0.15, 0.2) is 5.82 Å². The van der Waals surface area contributed by atoms with E-state index in [9.17, 15) is 9.18 Å². The molecule has 1 aromatic carbocycles. The first-order valence-corrected chi connectivity index (χ1v) is 8.56. The molecule has 5 nitrogen and oxygen atoms in total. The van der Waals surface area contributed by atoms with Gasteiger partial charge in [-0.2, -0.15) is 0 Å². The molecule has 1 aliphatic heterocycles. The Morgan fingerprint density at radius 3 is 2.84 bits per heavy atom. The normalized spacial score (nSPS) is 21.8. The fraction of sp³-hybridized carbons (Fsp3) is 0.421. The van der Waals surface area contributed by atoms with Crippen LogP contribution in [0.3, 0.4) is 0 Å². The lowest BCUT2D eigenvalue weighted by molar-refractivity contribution is -0.142. The highest BCUT2D eigenvalue weighted by atomic mass is 19.1. The molecule has 2 heterocycles. The molecule has 6 heteroatoms. The van der Waals surface area contributed by atoms with E-state index in [1.165, 1.54) is 6.07 Å². The molecule has 25 heavy (non-hydrogen) atoms. The van der Waals surface area contributed by atoms with Gasteiger partial charge in [0.2, 0.25) is 5.91 Å². The Balaban J connectivity index is 1.56. The number of rotatable bonds is 3. The zero-order chi connectivity index (χ0) is 17.4. The van der Waals surface area contributed by atoms with Crippen LogP contribution in [0.2, 0.25) is 0 Å². The van der Waals surface area contributed by atoms with E-state index in [0.29, 0.717) is 43.9 Å². The highest BCUT2D eigenvalue weighted by Crippen LogP contribution is 2.50. The minimum Gasteiger partial charge on any atom is -0.367 e. The second-order valence-corrected chi connectivity index (χ2v) is 6.73. The van der Waals surface area contributed by atoms with Crippen molar-refractivity contribution in [2.45, 2.75) is 31.3 Å². The third-order valence-corrected chi connectivity index (χ3v) is 5.00. The number of aromatic nitrogens is 2. The maximum atomic E-state index is 14.2. The summed E-state index contributed by atoms with van der Waals surface area (Å²) in [5, 5.41) is 0. The van der Waals surface area contributed by atoms with Crippen LogP contribution in [-0.2, 0) is 14.9 Å². The topological polar surface area (TPSA) is 55.3 Å². The second kappa shape index (κ2) is 6.19. The molecule has 1 amide bonds. The first-order chi connectivity index (χ1) is 12.1. The molecule has 2 aromatic rings. The van der Waals surface area contributed by atoms with Crippen molar-refractivity contribution >= 4 is 5.91 Å². The first kappa shape index (κ1) is 16.1. The van der Waals surface area contributed by atoms with E-state index in [1.54, 1.807) is 29.3 Å². The van der Waals surface area contributed by atoms with Gasteiger partial charge in [-0.3, -0.25) is 4.79 Å². The van der Waals surface area contributed by atoms with Crippen molar-refractivity contribution in [3.8, 4) is 0 Å². The van der Waals surface area contributed by atoms with Gasteiger partial charge in [-0.15, -0.1) is 0 Å². The van der Waals surface area contributed by atoms with Crippen LogP contribution in [0.4, 0.5) is 4.39 Å². The minimum atomic E-state index is -0.708. The van der Waals surface area contributed by atoms with E-state index in [0.717, 1.165) is 5.69 Å². The van der Waals surface area contributed by atoms with Crippen LogP contribution in [0.25, 0.3) is 0 Å². The van der Waals surface area contributed by atoms with Crippen molar-refractivity contribution in [2.75, 3.05) is 19.7 Å². The van der Waals surface area contributed by atoms with Crippen LogP contribution in [0.15, 0.2) is 36.5 Å². The van der Waals surface area contributed by atoms with E-state index in [2.05, 4.69) is 9.97 Å². The molecule has 1 unspecified atom stereocenters. The van der Waals surface area contributed by atoms with Crippen LogP contribution in [0.1, 0.15) is 36.0 Å². The summed E-state index contributed by atoms with van der Waals surface area (Å²) in [6.07, 6.45) is 2.74. The Hall–Kier alpha value is -2.34. The Bertz CT molecular complexity index is 807. The summed E-state index contributed by atoms with van der Waals surface area (Å²) >= 11 is 0. The minimum absolute atomic E-state index is 0.0152. The van der Waals surface area contributed by atoms with Gasteiger partial charge < -0.3 is 9.64 Å². The summed E-state index contributed by atoms with van der Waals surface area (Å²) in [6, 6.07) is 8.41. The SMILES string of the molecule is Cc1ccnc(C2CN(C(=O)C3(c4ccccc4F)CC3)CCO2)n1. The predicted octanol–water partition coefficient (Wildman–Crippen LogP) is 2.56. The van der Waals surface area contributed by atoms with Gasteiger partial charge >= 0.3 is 0 Å². The van der Waals surface area contributed by atoms with Crippen LogP contribution in [0, 0.1) is 12.7 Å². The summed E-state index contributed by atoms with van der Waals surface area (Å²) in [5.41, 5.74) is 0.665. The Morgan fingerprint density at radius 2 is 2.12 bits per heavy atom. The van der Waals surface area contributed by atoms with Crippen molar-refractivity contribution in [1.82, 2.24) is 14.9 Å². The average Bonchev–Trinajstić information content (AvgIpc) is 3.43. The third kappa shape index (κ3) is 2.91. The molecule has 130 valence electrons. The molecule has 0 radical (unpaired) electrons. The first-order valence-electron chi connectivity index (χ1n) is 8.56. The number of aryl methyl sites for hydroxylation is 1. The van der Waals surface area contributed by atoms with E-state index in [-0.39, 0.29) is 17.8 Å². The maximum Gasteiger partial charge on any atom is 0.233 e. The maximum absolute atomic E-state index is 14.2. The number of benzene rings is 1. The number of carbonyl (C=O) groups excluding carboxylic acids is 1. The number of amides is 1. The lowest BCUT2D eigenvalue weighted by Gasteiger charge is -2.34. The van der Waals surface area contributed by atoms with Crippen LogP contribution < -0.4 is 0 Å². The standard InChI is InChI=1S/C19H20FN3O2/c1-13-6-9-21-17(22-13)16-12-23(10-11-25-16)18(24)19(7-8-19)14-4-2-3-5-15(14)20/h2-6,9,16H,7-8,10-12H2,1H3. The van der Waals surface area contributed by atoms with E-state index in [1.807, 2.05) is 13.0 Å². The molecule has 1 aromatic heterocycles. The van der Waals surface area contributed by atoms with Crippen molar-refractivity contribution in [2.24, 2.45) is 0 Å². The van der Waals surface area contributed by atoms with E-state index in [4.69, 9.17) is 4.74 Å². The molecular formula is C19H20FN3O2. The van der Waals surface area contributed by atoms with Gasteiger partial charge in [0.25, 0.3) is 0 Å². The van der Waals surface area contributed by atoms with Crippen molar-refractivity contribution in [3.05, 3.63) is 59.4 Å². The molecule has 1 atom stereocenters. The van der Waals surface area contributed by atoms with Gasteiger partial charge in [0, 0.05) is 24.0 Å². The highest BCUT2D eigenvalue weighted by molar-refractivity contribution is 5.91. The van der Waals surface area contributed by atoms with Gasteiger partial charge in [0.1, 0.15) is 11.9 Å². The number of nitrogens with zero attached hydrogens (tertiary/aromatic N) is 3. The number of halogens is 1. The fourth-order valence-corrected chi connectivity index (χ4v) is 3.49. The predicted molar refractivity (Wildman–Crippen MR) is 89.4 cm³/mol. The summed E-state index contributed by atoms with van der Waals surface area (Å²) in [4.78, 5) is 23.6. The molecule has 1 aliphatic carbocycles. The largest absolute Gasteiger partial charge is 0.367 e. The lowest BCUT2D eigenvalue weighted by atomic mass is 9.93. The van der Waals surface area contributed by atoms with Gasteiger partial charge in [0.05, 0.1) is 18.6 Å². The zero-order valence-corrected chi connectivity index (χ0v) is 14.1. The summed E-state index contributed by atoms with van der Waals surface area (Å²) in [6.45, 7) is 3.24. The Labute approximate surface area is 145 Å². The second-order valence-electron chi connectivity index (χ2n) is 6.73. The summed E-state index contributed by atoms with van der Waals surface area (Å²) < 4.78 is 20.0. The monoisotopic (exact) mass is 341 g/mol. The molecule has 4 rings (SSSR count). The van der Waals surface area contributed by atoms with Gasteiger partial charge in [-0.25, -0.2) is 14.4 Å². The average molecular weight is 341 g/mol. The summed E-state index contributed by atoms with van der Waals surface area (Å²) in [5.74, 6) is 0.270. The number of ether oxygens (including phenoxy) is 1. The molecule has 0 N–H and O–H groups in total. The molecule has 1 saturated heterocycles. The Kier molecular flexibility index (Phi) is 4.00. The lowest BCUT2D eigenvalue weighted by Crippen LogP contribution is -2.47. The van der Waals surface area contributed by atoms with Crippen molar-refractivity contribution in [3.63, 3.8) is 0 Å².